The Labute approximate surface area is 139 Å². The molecular weight excluding hydrogens is 310 g/mol. The first-order chi connectivity index (χ1) is 11.2. The quantitative estimate of drug-likeness (QED) is 0.897. The normalized spacial score (nSPS) is 17.2. The molecule has 0 bridgehead atoms. The average molecular weight is 331 g/mol. The second kappa shape index (κ2) is 7.04. The summed E-state index contributed by atoms with van der Waals surface area (Å²) in [4.78, 5) is 19.0. The number of nitrogens with two attached hydrogens (primary N) is 1. The van der Waals surface area contributed by atoms with Gasteiger partial charge in [0.15, 0.2) is 0 Å². The molecule has 23 heavy (non-hydrogen) atoms. The van der Waals surface area contributed by atoms with Gasteiger partial charge in [-0.2, -0.15) is 4.98 Å². The van der Waals surface area contributed by atoms with Gasteiger partial charge in [0, 0.05) is 19.0 Å². The number of likely N-dealkylation sites (tertiary alicyclic amines) is 1. The molecule has 122 valence electrons. The highest BCUT2D eigenvalue weighted by atomic mass is 32.2. The highest BCUT2D eigenvalue weighted by molar-refractivity contribution is 7.99. The number of nitrogens with one attached hydrogen (secondary N) is 1. The lowest BCUT2D eigenvalue weighted by Gasteiger charge is -2.33. The fraction of sp³-hybridized carbons (Fsp3) is 0.438. The highest BCUT2D eigenvalue weighted by Gasteiger charge is 2.30. The van der Waals surface area contributed by atoms with Crippen LogP contribution in [0.3, 0.4) is 0 Å². The van der Waals surface area contributed by atoms with Gasteiger partial charge in [-0.1, -0.05) is 30.3 Å². The van der Waals surface area contributed by atoms with Crippen LogP contribution in [0.4, 0.5) is 5.95 Å². The van der Waals surface area contributed by atoms with Gasteiger partial charge in [-0.15, -0.1) is 16.9 Å². The van der Waals surface area contributed by atoms with Gasteiger partial charge in [-0.25, -0.2) is 0 Å². The van der Waals surface area contributed by atoms with E-state index in [9.17, 15) is 4.79 Å². The number of aromatic amines is 1. The Morgan fingerprint density at radius 3 is 2.61 bits per heavy atom. The van der Waals surface area contributed by atoms with Crippen LogP contribution in [-0.2, 0) is 4.79 Å². The van der Waals surface area contributed by atoms with E-state index in [0.717, 1.165) is 37.3 Å². The molecule has 3 rings (SSSR count). The summed E-state index contributed by atoms with van der Waals surface area (Å²) in [7, 11) is 0. The van der Waals surface area contributed by atoms with E-state index in [0.29, 0.717) is 5.92 Å². The number of piperidine rings is 1. The maximum absolute atomic E-state index is 12.8. The van der Waals surface area contributed by atoms with Gasteiger partial charge in [-0.05, 0) is 24.7 Å². The third-order valence-corrected chi connectivity index (χ3v) is 5.22. The van der Waals surface area contributed by atoms with E-state index >= 15 is 0 Å². The van der Waals surface area contributed by atoms with Gasteiger partial charge in [0.25, 0.3) is 0 Å². The van der Waals surface area contributed by atoms with E-state index in [1.54, 1.807) is 11.8 Å². The van der Waals surface area contributed by atoms with Gasteiger partial charge < -0.3 is 10.6 Å². The minimum atomic E-state index is -0.131. The summed E-state index contributed by atoms with van der Waals surface area (Å²) < 4.78 is 0. The van der Waals surface area contributed by atoms with Crippen LogP contribution in [0.5, 0.6) is 0 Å². The van der Waals surface area contributed by atoms with Crippen molar-refractivity contribution >= 4 is 23.6 Å². The van der Waals surface area contributed by atoms with Crippen LogP contribution in [0.2, 0.25) is 0 Å². The number of benzene rings is 1. The molecule has 6 nitrogen and oxygen atoms in total. The van der Waals surface area contributed by atoms with Gasteiger partial charge in [0.05, 0.1) is 0 Å². The number of anilines is 1. The summed E-state index contributed by atoms with van der Waals surface area (Å²) in [6.07, 6.45) is 3.76. The monoisotopic (exact) mass is 331 g/mol. The third-order valence-electron chi connectivity index (χ3n) is 4.28. The van der Waals surface area contributed by atoms with Crippen LogP contribution in [0.25, 0.3) is 0 Å². The minimum absolute atomic E-state index is 0.131. The maximum Gasteiger partial charge on any atom is 0.240 e. The Kier molecular flexibility index (Phi) is 4.85. The molecule has 1 aromatic heterocycles. The lowest BCUT2D eigenvalue weighted by Crippen LogP contribution is -2.40. The molecular formula is C16H21N5OS. The Hall–Kier alpha value is -2.02. The smallest absolute Gasteiger partial charge is 0.240 e. The summed E-state index contributed by atoms with van der Waals surface area (Å²) in [6, 6.07) is 9.96. The fourth-order valence-electron chi connectivity index (χ4n) is 3.02. The van der Waals surface area contributed by atoms with Crippen LogP contribution < -0.4 is 5.73 Å². The topological polar surface area (TPSA) is 87.9 Å². The van der Waals surface area contributed by atoms with Crippen LogP contribution in [0, 0.1) is 0 Å². The zero-order valence-corrected chi connectivity index (χ0v) is 13.9. The summed E-state index contributed by atoms with van der Waals surface area (Å²) >= 11 is 1.59. The molecule has 0 radical (unpaired) electrons. The van der Waals surface area contributed by atoms with Gasteiger partial charge in [0.2, 0.25) is 11.9 Å². The standard InChI is InChI=1S/C16H21N5OS/c1-23-13(11-5-3-2-4-6-11)15(22)21-9-7-12(8-10-21)14-18-16(17)20-19-14/h2-6,12-13H,7-10H2,1H3,(H3,17,18,19,20). The molecule has 7 heteroatoms. The van der Waals surface area contributed by atoms with Crippen molar-refractivity contribution in [1.29, 1.82) is 0 Å². The second-order valence-electron chi connectivity index (χ2n) is 5.70. The van der Waals surface area contributed by atoms with Crippen LogP contribution in [0.15, 0.2) is 30.3 Å². The van der Waals surface area contributed by atoms with Crippen molar-refractivity contribution in [2.75, 3.05) is 25.1 Å². The maximum atomic E-state index is 12.8. The van der Waals surface area contributed by atoms with Crippen molar-refractivity contribution in [3.63, 3.8) is 0 Å². The first-order valence-corrected chi connectivity index (χ1v) is 9.02. The molecule has 1 unspecified atom stereocenters. The predicted molar refractivity (Wildman–Crippen MR) is 92.0 cm³/mol. The number of rotatable bonds is 4. The van der Waals surface area contributed by atoms with Crippen molar-refractivity contribution in [3.8, 4) is 0 Å². The first kappa shape index (κ1) is 15.9. The molecule has 0 saturated carbocycles. The molecule has 0 spiro atoms. The van der Waals surface area contributed by atoms with E-state index in [-0.39, 0.29) is 17.1 Å². The number of carbonyl (C=O) groups is 1. The van der Waals surface area contributed by atoms with Gasteiger partial charge in [-0.3, -0.25) is 9.89 Å². The minimum Gasteiger partial charge on any atom is -0.367 e. The van der Waals surface area contributed by atoms with Gasteiger partial charge >= 0.3 is 0 Å². The molecule has 1 fully saturated rings. The van der Waals surface area contributed by atoms with Crippen molar-refractivity contribution in [3.05, 3.63) is 41.7 Å². The van der Waals surface area contributed by atoms with Crippen LogP contribution in [-0.4, -0.2) is 45.3 Å². The lowest BCUT2D eigenvalue weighted by molar-refractivity contribution is -0.131. The summed E-state index contributed by atoms with van der Waals surface area (Å²) in [5, 5.41) is 6.64. The molecule has 1 atom stereocenters. The van der Waals surface area contributed by atoms with Crippen molar-refractivity contribution in [2.24, 2.45) is 0 Å². The molecule has 1 aliphatic rings. The summed E-state index contributed by atoms with van der Waals surface area (Å²) in [5.41, 5.74) is 6.63. The molecule has 1 aliphatic heterocycles. The number of carbonyl (C=O) groups excluding carboxylic acids is 1. The van der Waals surface area contributed by atoms with E-state index in [1.165, 1.54) is 0 Å². The fourth-order valence-corrected chi connectivity index (χ4v) is 3.80. The number of H-pyrrole nitrogens is 1. The first-order valence-electron chi connectivity index (χ1n) is 7.73. The van der Waals surface area contributed by atoms with E-state index in [4.69, 9.17) is 5.73 Å². The molecule has 1 saturated heterocycles. The SMILES string of the molecule is CSC(C(=O)N1CCC(c2nc(N)n[nH]2)CC1)c1ccccc1. The summed E-state index contributed by atoms with van der Waals surface area (Å²) in [5.74, 6) is 1.61. The summed E-state index contributed by atoms with van der Waals surface area (Å²) in [6.45, 7) is 1.49. The number of aromatic nitrogens is 3. The van der Waals surface area contributed by atoms with Gasteiger partial charge in [0.1, 0.15) is 11.1 Å². The van der Waals surface area contributed by atoms with Crippen molar-refractivity contribution < 1.29 is 4.79 Å². The average Bonchev–Trinajstić information content (AvgIpc) is 3.03. The number of nitrogens with zero attached hydrogens (tertiary/aromatic N) is 3. The number of hydrogen-bond donors (Lipinski definition) is 2. The molecule has 1 amide bonds. The van der Waals surface area contributed by atoms with E-state index in [2.05, 4.69) is 15.2 Å². The second-order valence-corrected chi connectivity index (χ2v) is 6.65. The number of amides is 1. The largest absolute Gasteiger partial charge is 0.367 e. The van der Waals surface area contributed by atoms with Crippen LogP contribution in [0.1, 0.15) is 35.4 Å². The third kappa shape index (κ3) is 3.50. The number of hydrogen-bond acceptors (Lipinski definition) is 5. The lowest BCUT2D eigenvalue weighted by atomic mass is 9.95. The molecule has 0 aliphatic carbocycles. The zero-order valence-electron chi connectivity index (χ0n) is 13.1. The van der Waals surface area contributed by atoms with E-state index in [1.807, 2.05) is 41.5 Å². The van der Waals surface area contributed by atoms with Crippen molar-refractivity contribution in [2.45, 2.75) is 24.0 Å². The Morgan fingerprint density at radius 1 is 1.35 bits per heavy atom. The van der Waals surface area contributed by atoms with E-state index < -0.39 is 0 Å². The molecule has 2 heterocycles. The zero-order chi connectivity index (χ0) is 16.2. The van der Waals surface area contributed by atoms with Crippen LogP contribution >= 0.6 is 11.8 Å². The molecule has 2 aromatic rings. The highest BCUT2D eigenvalue weighted by Crippen LogP contribution is 2.32. The Bertz CT molecular complexity index is 652. The number of nitrogen functional groups attached to an aromatic ring is 1. The van der Waals surface area contributed by atoms with Crippen molar-refractivity contribution in [1.82, 2.24) is 20.1 Å². The molecule has 1 aromatic carbocycles. The molecule has 3 N–H and O–H groups in total. The number of thioether (sulfide) groups is 1. The Balaban J connectivity index is 1.63. The Morgan fingerprint density at radius 2 is 2.04 bits per heavy atom. The predicted octanol–water partition coefficient (Wildman–Crippen LogP) is 2.20.